The Hall–Kier alpha value is -3.02. The van der Waals surface area contributed by atoms with E-state index in [1.807, 2.05) is 11.0 Å². The minimum Gasteiger partial charge on any atom is -0.364 e. The zero-order valence-corrected chi connectivity index (χ0v) is 18.2. The summed E-state index contributed by atoms with van der Waals surface area (Å²) in [4.78, 5) is 22.7. The van der Waals surface area contributed by atoms with Gasteiger partial charge in [0.25, 0.3) is 5.91 Å². The number of rotatable bonds is 7. The molecular weight excluding hydrogens is 436 g/mol. The summed E-state index contributed by atoms with van der Waals surface area (Å²) in [6, 6.07) is 13.4. The highest BCUT2D eigenvalue weighted by Crippen LogP contribution is 2.34. The Morgan fingerprint density at radius 1 is 1.16 bits per heavy atom. The van der Waals surface area contributed by atoms with Crippen molar-refractivity contribution in [2.45, 2.75) is 23.8 Å². The third kappa shape index (κ3) is 5.01. The molecule has 1 aliphatic rings. The van der Waals surface area contributed by atoms with Crippen LogP contribution in [0.25, 0.3) is 0 Å². The maximum Gasteiger partial charge on any atom is 0.270 e. The van der Waals surface area contributed by atoms with Crippen LogP contribution in [0.3, 0.4) is 0 Å². The Bertz CT molecular complexity index is 1150. The highest BCUT2D eigenvalue weighted by molar-refractivity contribution is 7.89. The number of pyridine rings is 1. The topological polar surface area (TPSA) is 130 Å². The summed E-state index contributed by atoms with van der Waals surface area (Å²) < 4.78 is 28.1. The van der Waals surface area contributed by atoms with Crippen LogP contribution in [0, 0.1) is 0 Å². The maximum atomic E-state index is 12.7. The average molecular weight is 459 g/mol. The summed E-state index contributed by atoms with van der Waals surface area (Å²) in [5.74, 6) is -0.0633. The van der Waals surface area contributed by atoms with Gasteiger partial charge >= 0.3 is 0 Å². The van der Waals surface area contributed by atoms with E-state index >= 15 is 0 Å². The van der Waals surface area contributed by atoms with E-state index in [1.165, 1.54) is 11.3 Å². The summed E-state index contributed by atoms with van der Waals surface area (Å²) in [6.45, 7) is 1.15. The van der Waals surface area contributed by atoms with Crippen LogP contribution in [0.2, 0.25) is 0 Å². The fourth-order valence-corrected chi connectivity index (χ4v) is 5.68. The second-order valence-electron chi connectivity index (χ2n) is 7.10. The van der Waals surface area contributed by atoms with Crippen LogP contribution in [0.1, 0.15) is 23.3 Å². The number of sulfonamides is 1. The number of primary amides is 1. The van der Waals surface area contributed by atoms with Gasteiger partial charge < -0.3 is 16.0 Å². The van der Waals surface area contributed by atoms with Gasteiger partial charge in [-0.15, -0.1) is 0 Å². The number of nitrogens with one attached hydrogen (secondary N) is 2. The van der Waals surface area contributed by atoms with Gasteiger partial charge in [0.15, 0.2) is 10.8 Å². The molecule has 3 aromatic rings. The summed E-state index contributed by atoms with van der Waals surface area (Å²) >= 11 is 1.29. The molecule has 0 spiro atoms. The molecule has 11 heteroatoms. The van der Waals surface area contributed by atoms with Crippen molar-refractivity contribution in [3.63, 3.8) is 0 Å². The molecule has 1 fully saturated rings. The van der Waals surface area contributed by atoms with Crippen molar-refractivity contribution in [3.8, 4) is 0 Å². The zero-order valence-electron chi connectivity index (χ0n) is 16.6. The van der Waals surface area contributed by atoms with Crippen molar-refractivity contribution in [2.24, 2.45) is 5.73 Å². The molecule has 1 aromatic carbocycles. The molecule has 4 N–H and O–H groups in total. The van der Waals surface area contributed by atoms with Crippen molar-refractivity contribution in [2.75, 3.05) is 23.3 Å². The number of hydrogen-bond acceptors (Lipinski definition) is 8. The lowest BCUT2D eigenvalue weighted by atomic mass is 10.1. The Morgan fingerprint density at radius 3 is 2.65 bits per heavy atom. The third-order valence-corrected chi connectivity index (χ3v) is 7.39. The molecule has 2 aromatic heterocycles. The number of carbonyl (C=O) groups excluding carboxylic acids is 1. The van der Waals surface area contributed by atoms with Gasteiger partial charge in [-0.1, -0.05) is 35.6 Å². The van der Waals surface area contributed by atoms with Gasteiger partial charge in [-0.2, -0.15) is 0 Å². The highest BCUT2D eigenvalue weighted by Gasteiger charge is 2.28. The van der Waals surface area contributed by atoms with E-state index in [0.29, 0.717) is 29.0 Å². The van der Waals surface area contributed by atoms with Gasteiger partial charge in [-0.25, -0.2) is 23.1 Å². The zero-order chi connectivity index (χ0) is 21.8. The Kier molecular flexibility index (Phi) is 6.16. The number of piperidine rings is 1. The number of carbonyl (C=O) groups is 1. The summed E-state index contributed by atoms with van der Waals surface area (Å²) in [7, 11) is -3.61. The number of hydrogen-bond donors (Lipinski definition) is 3. The fourth-order valence-electron chi connectivity index (χ4n) is 3.38. The number of anilines is 3. The van der Waals surface area contributed by atoms with Gasteiger partial charge in [0, 0.05) is 25.3 Å². The van der Waals surface area contributed by atoms with Crippen LogP contribution >= 0.6 is 11.3 Å². The molecule has 4 rings (SSSR count). The van der Waals surface area contributed by atoms with E-state index in [4.69, 9.17) is 5.73 Å². The smallest absolute Gasteiger partial charge is 0.270 e. The van der Waals surface area contributed by atoms with Gasteiger partial charge in [-0.05, 0) is 37.1 Å². The largest absolute Gasteiger partial charge is 0.364 e. The van der Waals surface area contributed by atoms with Crippen molar-refractivity contribution in [1.29, 1.82) is 0 Å². The molecule has 0 saturated carbocycles. The van der Waals surface area contributed by atoms with Crippen molar-refractivity contribution in [3.05, 3.63) is 60.4 Å². The van der Waals surface area contributed by atoms with Crippen LogP contribution < -0.4 is 20.7 Å². The number of amides is 1. The van der Waals surface area contributed by atoms with E-state index in [9.17, 15) is 13.2 Å². The SMILES string of the molecule is NC(=O)c1nc(N2CCCC(NS(=O)(=O)c3ccccc3)C2)sc1Nc1ccccn1. The predicted molar refractivity (Wildman–Crippen MR) is 120 cm³/mol. The van der Waals surface area contributed by atoms with Crippen LogP contribution in [0.5, 0.6) is 0 Å². The molecule has 0 bridgehead atoms. The molecule has 0 radical (unpaired) electrons. The van der Waals surface area contributed by atoms with E-state index in [1.54, 1.807) is 48.7 Å². The van der Waals surface area contributed by atoms with E-state index in [0.717, 1.165) is 12.8 Å². The number of benzene rings is 1. The second-order valence-corrected chi connectivity index (χ2v) is 9.79. The van der Waals surface area contributed by atoms with Crippen molar-refractivity contribution >= 4 is 43.2 Å². The lowest BCUT2D eigenvalue weighted by Gasteiger charge is -2.32. The van der Waals surface area contributed by atoms with Gasteiger partial charge in [0.05, 0.1) is 4.90 Å². The Morgan fingerprint density at radius 2 is 1.94 bits per heavy atom. The molecule has 1 unspecified atom stereocenters. The third-order valence-electron chi connectivity index (χ3n) is 4.82. The Balaban J connectivity index is 1.51. The predicted octanol–water partition coefficient (Wildman–Crippen LogP) is 2.33. The first-order valence-corrected chi connectivity index (χ1v) is 12.0. The summed E-state index contributed by atoms with van der Waals surface area (Å²) in [5.41, 5.74) is 5.66. The molecule has 1 amide bonds. The van der Waals surface area contributed by atoms with Crippen molar-refractivity contribution < 1.29 is 13.2 Å². The lowest BCUT2D eigenvalue weighted by molar-refractivity contribution is 0.0997. The first kappa shape index (κ1) is 21.2. The van der Waals surface area contributed by atoms with Crippen LogP contribution in [-0.2, 0) is 10.0 Å². The van der Waals surface area contributed by atoms with Crippen LogP contribution in [-0.4, -0.2) is 43.4 Å². The minimum atomic E-state index is -3.61. The molecule has 0 aliphatic carbocycles. The molecule has 3 heterocycles. The highest BCUT2D eigenvalue weighted by atomic mass is 32.2. The average Bonchev–Trinajstić information content (AvgIpc) is 3.19. The fraction of sp³-hybridized carbons (Fsp3) is 0.250. The first-order chi connectivity index (χ1) is 14.9. The lowest BCUT2D eigenvalue weighted by Crippen LogP contribution is -2.47. The second kappa shape index (κ2) is 9.00. The summed E-state index contributed by atoms with van der Waals surface area (Å²) in [6.07, 6.45) is 3.15. The molecule has 1 aliphatic heterocycles. The van der Waals surface area contributed by atoms with E-state index in [2.05, 4.69) is 20.0 Å². The maximum absolute atomic E-state index is 12.7. The number of nitrogens with zero attached hydrogens (tertiary/aromatic N) is 3. The van der Waals surface area contributed by atoms with Gasteiger partial charge in [-0.3, -0.25) is 4.79 Å². The minimum absolute atomic E-state index is 0.137. The van der Waals surface area contributed by atoms with Crippen LogP contribution in [0.4, 0.5) is 16.0 Å². The van der Waals surface area contributed by atoms with Crippen LogP contribution in [0.15, 0.2) is 59.6 Å². The molecule has 162 valence electrons. The normalized spacial score (nSPS) is 16.8. The molecule has 1 atom stereocenters. The first-order valence-electron chi connectivity index (χ1n) is 9.73. The standard InChI is InChI=1S/C20H22N6O3S2/c21-18(27)17-19(23-16-10-4-5-11-22-16)30-20(24-17)26-12-6-7-14(13-26)25-31(28,29)15-8-2-1-3-9-15/h1-5,8-11,14,25H,6-7,12-13H2,(H2,21,27)(H,22,23). The quantitative estimate of drug-likeness (QED) is 0.495. The number of aromatic nitrogens is 2. The van der Waals surface area contributed by atoms with E-state index in [-0.39, 0.29) is 16.6 Å². The molecule has 9 nitrogen and oxygen atoms in total. The van der Waals surface area contributed by atoms with E-state index < -0.39 is 15.9 Å². The monoisotopic (exact) mass is 458 g/mol. The van der Waals surface area contributed by atoms with Gasteiger partial charge in [0.2, 0.25) is 10.0 Å². The number of nitrogens with two attached hydrogens (primary N) is 1. The molecule has 31 heavy (non-hydrogen) atoms. The summed E-state index contributed by atoms with van der Waals surface area (Å²) in [5, 5.41) is 4.21. The van der Waals surface area contributed by atoms with Gasteiger partial charge in [0.1, 0.15) is 10.8 Å². The molecule has 1 saturated heterocycles. The Labute approximate surface area is 184 Å². The van der Waals surface area contributed by atoms with Crippen molar-refractivity contribution in [1.82, 2.24) is 14.7 Å². The number of thiazole rings is 1. The molecular formula is C20H22N6O3S2.